The van der Waals surface area contributed by atoms with E-state index in [9.17, 15) is 14.4 Å². The summed E-state index contributed by atoms with van der Waals surface area (Å²) in [4.78, 5) is 49.7. The van der Waals surface area contributed by atoms with E-state index < -0.39 is 11.6 Å². The van der Waals surface area contributed by atoms with Crippen LogP contribution in [0.4, 0.5) is 0 Å². The van der Waals surface area contributed by atoms with Gasteiger partial charge in [-0.2, -0.15) is 0 Å². The highest BCUT2D eigenvalue weighted by atomic mass is 32.1. The Balaban J connectivity index is 1.85. The van der Waals surface area contributed by atoms with Crippen molar-refractivity contribution >= 4 is 34.3 Å². The minimum atomic E-state index is -0.763. The standard InChI is InChI=1S/C20H24N6O3S/c1-3-25-19-16(15(17(21)28)22-18(23-19)13-7-5-9-30-13)26(20(25)29)11-14(27)24-8-4-6-12(2)10-24/h5,7,9,12H,3-4,6,8,10-11H2,1-2H3,(H2,21,28)/t12-/m0/s1. The van der Waals surface area contributed by atoms with Crippen molar-refractivity contribution in [3.63, 3.8) is 0 Å². The normalized spacial score (nSPS) is 16.9. The van der Waals surface area contributed by atoms with Gasteiger partial charge in [0.05, 0.1) is 4.88 Å². The summed E-state index contributed by atoms with van der Waals surface area (Å²) in [7, 11) is 0. The fourth-order valence-corrected chi connectivity index (χ4v) is 4.64. The predicted octanol–water partition coefficient (Wildman–Crippen LogP) is 1.70. The van der Waals surface area contributed by atoms with Crippen LogP contribution in [-0.4, -0.2) is 48.9 Å². The first-order valence-corrected chi connectivity index (χ1v) is 10.9. The van der Waals surface area contributed by atoms with Gasteiger partial charge in [0, 0.05) is 19.6 Å². The molecular weight excluding hydrogens is 404 g/mol. The van der Waals surface area contributed by atoms with Gasteiger partial charge in [-0.1, -0.05) is 13.0 Å². The number of imidazole rings is 1. The van der Waals surface area contributed by atoms with Crippen LogP contribution in [0.15, 0.2) is 22.3 Å². The molecule has 1 aliphatic heterocycles. The van der Waals surface area contributed by atoms with E-state index in [2.05, 4.69) is 16.9 Å². The predicted molar refractivity (Wildman–Crippen MR) is 114 cm³/mol. The highest BCUT2D eigenvalue weighted by Gasteiger charge is 2.27. The second kappa shape index (κ2) is 8.02. The zero-order valence-corrected chi connectivity index (χ0v) is 17.8. The summed E-state index contributed by atoms with van der Waals surface area (Å²) in [5, 5.41) is 1.88. The molecule has 4 heterocycles. The van der Waals surface area contributed by atoms with Crippen LogP contribution >= 0.6 is 11.3 Å². The van der Waals surface area contributed by atoms with Crippen molar-refractivity contribution in [2.24, 2.45) is 11.7 Å². The first-order valence-electron chi connectivity index (χ1n) is 10.0. The minimum absolute atomic E-state index is 0.0486. The van der Waals surface area contributed by atoms with E-state index in [4.69, 9.17) is 5.73 Å². The summed E-state index contributed by atoms with van der Waals surface area (Å²) in [5.41, 5.74) is 5.70. The summed E-state index contributed by atoms with van der Waals surface area (Å²) in [6.45, 7) is 5.44. The largest absolute Gasteiger partial charge is 0.364 e. The molecule has 9 nitrogen and oxygen atoms in total. The van der Waals surface area contributed by atoms with Gasteiger partial charge >= 0.3 is 5.69 Å². The first-order chi connectivity index (χ1) is 14.4. The molecule has 3 aromatic rings. The van der Waals surface area contributed by atoms with E-state index in [1.54, 1.807) is 4.90 Å². The lowest BCUT2D eigenvalue weighted by Crippen LogP contribution is -2.42. The number of thiophene rings is 1. The highest BCUT2D eigenvalue weighted by Crippen LogP contribution is 2.25. The van der Waals surface area contributed by atoms with E-state index in [1.165, 1.54) is 20.5 Å². The number of primary amides is 1. The van der Waals surface area contributed by atoms with Crippen molar-refractivity contribution in [2.45, 2.75) is 39.8 Å². The molecule has 30 heavy (non-hydrogen) atoms. The van der Waals surface area contributed by atoms with E-state index in [0.29, 0.717) is 37.0 Å². The molecule has 0 spiro atoms. The monoisotopic (exact) mass is 428 g/mol. The summed E-state index contributed by atoms with van der Waals surface area (Å²) in [6.07, 6.45) is 2.03. The van der Waals surface area contributed by atoms with Gasteiger partial charge in [0.25, 0.3) is 5.91 Å². The van der Waals surface area contributed by atoms with E-state index in [0.717, 1.165) is 17.7 Å². The maximum absolute atomic E-state index is 13.1. The average molecular weight is 429 g/mol. The maximum atomic E-state index is 13.1. The maximum Gasteiger partial charge on any atom is 0.330 e. The molecular formula is C20H24N6O3S. The number of rotatable bonds is 5. The molecule has 3 aromatic heterocycles. The number of amides is 2. The van der Waals surface area contributed by atoms with Crippen molar-refractivity contribution < 1.29 is 9.59 Å². The zero-order chi connectivity index (χ0) is 21.4. The summed E-state index contributed by atoms with van der Waals surface area (Å²) >= 11 is 1.43. The van der Waals surface area contributed by atoms with E-state index >= 15 is 0 Å². The van der Waals surface area contributed by atoms with Gasteiger partial charge in [-0.25, -0.2) is 14.8 Å². The Labute approximate surface area is 177 Å². The molecule has 0 saturated carbocycles. The average Bonchev–Trinajstić information content (AvgIpc) is 3.34. The van der Waals surface area contributed by atoms with Crippen molar-refractivity contribution in [3.8, 4) is 10.7 Å². The molecule has 1 aliphatic rings. The van der Waals surface area contributed by atoms with Gasteiger partial charge in [-0.05, 0) is 37.1 Å². The molecule has 10 heteroatoms. The number of nitrogens with zero attached hydrogens (tertiary/aromatic N) is 5. The van der Waals surface area contributed by atoms with Crippen LogP contribution in [0.1, 0.15) is 37.2 Å². The number of likely N-dealkylation sites (tertiary alicyclic amines) is 1. The summed E-state index contributed by atoms with van der Waals surface area (Å²) < 4.78 is 2.74. The highest BCUT2D eigenvalue weighted by molar-refractivity contribution is 7.13. The van der Waals surface area contributed by atoms with Crippen molar-refractivity contribution in [1.29, 1.82) is 0 Å². The Morgan fingerprint density at radius 3 is 2.73 bits per heavy atom. The van der Waals surface area contributed by atoms with Gasteiger partial charge in [0.1, 0.15) is 12.1 Å². The second-order valence-corrected chi connectivity index (χ2v) is 8.56. The minimum Gasteiger partial charge on any atom is -0.364 e. The van der Waals surface area contributed by atoms with Gasteiger partial charge < -0.3 is 10.6 Å². The van der Waals surface area contributed by atoms with Crippen LogP contribution in [0.5, 0.6) is 0 Å². The zero-order valence-electron chi connectivity index (χ0n) is 17.0. The quantitative estimate of drug-likeness (QED) is 0.664. The first kappa shape index (κ1) is 20.3. The number of carbonyl (C=O) groups excluding carboxylic acids is 2. The molecule has 0 radical (unpaired) electrons. The fourth-order valence-electron chi connectivity index (χ4n) is 3.98. The van der Waals surface area contributed by atoms with Gasteiger partial charge in [0.2, 0.25) is 5.91 Å². The summed E-state index contributed by atoms with van der Waals surface area (Å²) in [5.74, 6) is -0.158. The molecule has 158 valence electrons. The lowest BCUT2D eigenvalue weighted by Gasteiger charge is -2.31. The third-order valence-corrected chi connectivity index (χ3v) is 6.31. The van der Waals surface area contributed by atoms with Crippen LogP contribution in [-0.2, 0) is 17.9 Å². The Kier molecular flexibility index (Phi) is 5.42. The Morgan fingerprint density at radius 1 is 1.30 bits per heavy atom. The van der Waals surface area contributed by atoms with Crippen molar-refractivity contribution in [1.82, 2.24) is 24.0 Å². The van der Waals surface area contributed by atoms with Crippen molar-refractivity contribution in [2.75, 3.05) is 13.1 Å². The molecule has 0 aliphatic carbocycles. The lowest BCUT2D eigenvalue weighted by atomic mass is 10.0. The molecule has 0 bridgehead atoms. The molecule has 2 N–H and O–H groups in total. The SMILES string of the molecule is CCn1c(=O)n(CC(=O)N2CCC[C@H](C)C2)c2c(C(N)=O)nc(-c3cccs3)nc21. The van der Waals surface area contributed by atoms with Crippen LogP contribution in [0.3, 0.4) is 0 Å². The molecule has 4 rings (SSSR count). The number of hydrogen-bond donors (Lipinski definition) is 1. The molecule has 0 unspecified atom stereocenters. The Morgan fingerprint density at radius 2 is 2.10 bits per heavy atom. The third kappa shape index (κ3) is 3.51. The van der Waals surface area contributed by atoms with Crippen LogP contribution in [0.2, 0.25) is 0 Å². The number of nitrogens with two attached hydrogens (primary N) is 1. The van der Waals surface area contributed by atoms with Gasteiger partial charge in [0.15, 0.2) is 17.2 Å². The van der Waals surface area contributed by atoms with Crippen molar-refractivity contribution in [3.05, 3.63) is 33.7 Å². The lowest BCUT2D eigenvalue weighted by molar-refractivity contribution is -0.133. The molecule has 1 saturated heterocycles. The summed E-state index contributed by atoms with van der Waals surface area (Å²) in [6, 6.07) is 3.69. The van der Waals surface area contributed by atoms with E-state index in [1.807, 2.05) is 24.4 Å². The van der Waals surface area contributed by atoms with Crippen LogP contribution in [0.25, 0.3) is 21.9 Å². The number of aromatic nitrogens is 4. The van der Waals surface area contributed by atoms with Crippen LogP contribution in [0, 0.1) is 5.92 Å². The number of fused-ring (bicyclic) bond motifs is 1. The Bertz CT molecular complexity index is 1160. The number of aryl methyl sites for hydroxylation is 1. The number of piperidine rings is 1. The van der Waals surface area contributed by atoms with Gasteiger partial charge in [-0.15, -0.1) is 11.3 Å². The van der Waals surface area contributed by atoms with E-state index in [-0.39, 0.29) is 23.7 Å². The number of carbonyl (C=O) groups is 2. The third-order valence-electron chi connectivity index (χ3n) is 5.45. The molecule has 1 fully saturated rings. The Hall–Kier alpha value is -3.01. The molecule has 1 atom stereocenters. The van der Waals surface area contributed by atoms with Gasteiger partial charge in [-0.3, -0.25) is 18.7 Å². The van der Waals surface area contributed by atoms with Crippen LogP contribution < -0.4 is 11.4 Å². The molecule has 2 amide bonds. The fraction of sp³-hybridized carbons (Fsp3) is 0.450. The second-order valence-electron chi connectivity index (χ2n) is 7.61. The smallest absolute Gasteiger partial charge is 0.330 e. The topological polar surface area (TPSA) is 116 Å². The molecule has 0 aromatic carbocycles. The number of hydrogen-bond acceptors (Lipinski definition) is 6.